The lowest BCUT2D eigenvalue weighted by Crippen LogP contribution is -2.36. The van der Waals surface area contributed by atoms with E-state index in [0.717, 1.165) is 38.6 Å². The van der Waals surface area contributed by atoms with Crippen molar-refractivity contribution < 1.29 is 4.74 Å². The van der Waals surface area contributed by atoms with Crippen LogP contribution in [0, 0.1) is 11.8 Å². The molecule has 3 nitrogen and oxygen atoms in total. The van der Waals surface area contributed by atoms with E-state index in [1.165, 1.54) is 44.9 Å². The maximum atomic E-state index is 6.22. The molecule has 3 N–H and O–H groups in total. The summed E-state index contributed by atoms with van der Waals surface area (Å²) in [5.74, 6) is 1.59. The Bertz CT molecular complexity index is 219. The lowest BCUT2D eigenvalue weighted by Gasteiger charge is -2.21. The third kappa shape index (κ3) is 5.68. The monoisotopic (exact) mass is 254 g/mol. The first-order chi connectivity index (χ1) is 8.86. The molecule has 2 rings (SSSR count). The van der Waals surface area contributed by atoms with Crippen molar-refractivity contribution in [1.29, 1.82) is 0 Å². The Morgan fingerprint density at radius 2 is 1.89 bits per heavy atom. The second-order valence-corrected chi connectivity index (χ2v) is 6.14. The average Bonchev–Trinajstić information content (AvgIpc) is 3.18. The lowest BCUT2D eigenvalue weighted by atomic mass is 9.95. The lowest BCUT2D eigenvalue weighted by molar-refractivity contribution is 0.121. The van der Waals surface area contributed by atoms with Crippen LogP contribution in [0.2, 0.25) is 0 Å². The van der Waals surface area contributed by atoms with Gasteiger partial charge >= 0.3 is 0 Å². The van der Waals surface area contributed by atoms with Crippen LogP contribution < -0.4 is 11.1 Å². The fourth-order valence-electron chi connectivity index (χ4n) is 2.79. The van der Waals surface area contributed by atoms with Crippen molar-refractivity contribution in [3.8, 4) is 0 Å². The predicted octanol–water partition coefficient (Wildman–Crippen LogP) is 2.30. The molecule has 0 bridgehead atoms. The van der Waals surface area contributed by atoms with Gasteiger partial charge in [-0.25, -0.2) is 0 Å². The molecular weight excluding hydrogens is 224 g/mol. The molecule has 2 aliphatic carbocycles. The molecule has 0 spiro atoms. The van der Waals surface area contributed by atoms with Crippen molar-refractivity contribution in [3.63, 3.8) is 0 Å². The van der Waals surface area contributed by atoms with Crippen molar-refractivity contribution in [2.24, 2.45) is 17.6 Å². The van der Waals surface area contributed by atoms with Gasteiger partial charge in [0.25, 0.3) is 0 Å². The number of ether oxygens (including phenoxy) is 1. The van der Waals surface area contributed by atoms with Crippen LogP contribution in [0.5, 0.6) is 0 Å². The molecule has 106 valence electrons. The van der Waals surface area contributed by atoms with Gasteiger partial charge in [0, 0.05) is 19.3 Å². The fraction of sp³-hybridized carbons (Fsp3) is 1.00. The molecule has 3 heteroatoms. The minimum absolute atomic E-state index is 0.422. The van der Waals surface area contributed by atoms with E-state index in [0.29, 0.717) is 12.0 Å². The van der Waals surface area contributed by atoms with E-state index in [4.69, 9.17) is 10.5 Å². The molecule has 0 aromatic heterocycles. The van der Waals surface area contributed by atoms with Crippen molar-refractivity contribution in [2.75, 3.05) is 26.3 Å². The largest absolute Gasteiger partial charge is 0.381 e. The summed E-state index contributed by atoms with van der Waals surface area (Å²) in [6.45, 7) is 4.09. The van der Waals surface area contributed by atoms with Crippen LogP contribution in [0.4, 0.5) is 0 Å². The van der Waals surface area contributed by atoms with Crippen LogP contribution in [0.1, 0.15) is 51.4 Å². The number of rotatable bonds is 8. The molecule has 0 aromatic carbocycles. The maximum absolute atomic E-state index is 6.22. The quantitative estimate of drug-likeness (QED) is 0.516. The Balaban J connectivity index is 1.43. The smallest absolute Gasteiger partial charge is 0.0494 e. The molecule has 0 aromatic rings. The summed E-state index contributed by atoms with van der Waals surface area (Å²) >= 11 is 0. The van der Waals surface area contributed by atoms with Crippen LogP contribution in [-0.4, -0.2) is 32.3 Å². The first kappa shape index (κ1) is 14.3. The predicted molar refractivity (Wildman–Crippen MR) is 75.6 cm³/mol. The van der Waals surface area contributed by atoms with E-state index in [1.807, 2.05) is 0 Å². The summed E-state index contributed by atoms with van der Waals surface area (Å²) in [5.41, 5.74) is 6.22. The molecule has 0 amide bonds. The molecule has 2 aliphatic rings. The maximum Gasteiger partial charge on any atom is 0.0494 e. The molecule has 2 fully saturated rings. The first-order valence-corrected chi connectivity index (χ1v) is 7.90. The normalized spacial score (nSPS) is 29.2. The Morgan fingerprint density at radius 3 is 2.72 bits per heavy atom. The van der Waals surface area contributed by atoms with Crippen LogP contribution in [0.3, 0.4) is 0 Å². The summed E-state index contributed by atoms with van der Waals surface area (Å²) in [5, 5.41) is 3.56. The van der Waals surface area contributed by atoms with Crippen LogP contribution in [0.25, 0.3) is 0 Å². The van der Waals surface area contributed by atoms with Crippen LogP contribution in [-0.2, 0) is 4.74 Å². The summed E-state index contributed by atoms with van der Waals surface area (Å²) in [4.78, 5) is 0. The molecule has 2 saturated carbocycles. The zero-order valence-corrected chi connectivity index (χ0v) is 11.7. The highest BCUT2D eigenvalue weighted by Gasteiger charge is 2.21. The third-order valence-corrected chi connectivity index (χ3v) is 4.32. The van der Waals surface area contributed by atoms with Gasteiger partial charge in [0.15, 0.2) is 0 Å². The highest BCUT2D eigenvalue weighted by Crippen LogP contribution is 2.28. The van der Waals surface area contributed by atoms with Crippen LogP contribution in [0.15, 0.2) is 0 Å². The Morgan fingerprint density at radius 1 is 1.06 bits per heavy atom. The zero-order chi connectivity index (χ0) is 12.6. The highest BCUT2D eigenvalue weighted by atomic mass is 16.5. The number of hydrogen-bond donors (Lipinski definition) is 2. The van der Waals surface area contributed by atoms with Crippen molar-refractivity contribution >= 4 is 0 Å². The number of nitrogens with one attached hydrogen (secondary N) is 1. The standard InChI is InChI=1S/C15H30N2O/c16-15-6-3-1-2-5-14(15)11-17-9-4-10-18-12-13-7-8-13/h13-15,17H,1-12,16H2. The zero-order valence-electron chi connectivity index (χ0n) is 11.7. The molecule has 0 aliphatic heterocycles. The van der Waals surface area contributed by atoms with E-state index in [2.05, 4.69) is 5.32 Å². The molecule has 0 heterocycles. The topological polar surface area (TPSA) is 47.3 Å². The first-order valence-electron chi connectivity index (χ1n) is 7.90. The Kier molecular flexibility index (Phi) is 6.46. The summed E-state index contributed by atoms with van der Waals surface area (Å²) in [6.07, 6.45) is 10.5. The van der Waals surface area contributed by atoms with Gasteiger partial charge in [-0.05, 0) is 57.0 Å². The van der Waals surface area contributed by atoms with Crippen LogP contribution >= 0.6 is 0 Å². The van der Waals surface area contributed by atoms with Crippen molar-refractivity contribution in [2.45, 2.75) is 57.4 Å². The van der Waals surface area contributed by atoms with Gasteiger partial charge in [-0.2, -0.15) is 0 Å². The molecule has 2 unspecified atom stereocenters. The van der Waals surface area contributed by atoms with Crippen molar-refractivity contribution in [1.82, 2.24) is 5.32 Å². The molecule has 0 saturated heterocycles. The van der Waals surface area contributed by atoms with E-state index < -0.39 is 0 Å². The third-order valence-electron chi connectivity index (χ3n) is 4.32. The molecular formula is C15H30N2O. The van der Waals surface area contributed by atoms with Gasteiger partial charge in [-0.15, -0.1) is 0 Å². The van der Waals surface area contributed by atoms with Gasteiger partial charge in [0.05, 0.1) is 0 Å². The van der Waals surface area contributed by atoms with E-state index in [9.17, 15) is 0 Å². The molecule has 2 atom stereocenters. The summed E-state index contributed by atoms with van der Waals surface area (Å²) < 4.78 is 5.63. The van der Waals surface area contributed by atoms with E-state index in [-0.39, 0.29) is 0 Å². The Labute approximate surface area is 112 Å². The minimum atomic E-state index is 0.422. The van der Waals surface area contributed by atoms with E-state index >= 15 is 0 Å². The highest BCUT2D eigenvalue weighted by molar-refractivity contribution is 4.78. The SMILES string of the molecule is NC1CCCCCC1CNCCCOCC1CC1. The number of hydrogen-bond acceptors (Lipinski definition) is 3. The second-order valence-electron chi connectivity index (χ2n) is 6.14. The Hall–Kier alpha value is -0.120. The molecule has 18 heavy (non-hydrogen) atoms. The van der Waals surface area contributed by atoms with Gasteiger partial charge in [-0.3, -0.25) is 0 Å². The second kappa shape index (κ2) is 8.13. The van der Waals surface area contributed by atoms with Gasteiger partial charge < -0.3 is 15.8 Å². The fourth-order valence-corrected chi connectivity index (χ4v) is 2.79. The van der Waals surface area contributed by atoms with Crippen molar-refractivity contribution in [3.05, 3.63) is 0 Å². The van der Waals surface area contributed by atoms with Gasteiger partial charge in [-0.1, -0.05) is 19.3 Å². The average molecular weight is 254 g/mol. The summed E-state index contributed by atoms with van der Waals surface area (Å²) in [6, 6.07) is 0.422. The summed E-state index contributed by atoms with van der Waals surface area (Å²) in [7, 11) is 0. The van der Waals surface area contributed by atoms with E-state index in [1.54, 1.807) is 0 Å². The van der Waals surface area contributed by atoms with Gasteiger partial charge in [0.2, 0.25) is 0 Å². The molecule has 0 radical (unpaired) electrons. The minimum Gasteiger partial charge on any atom is -0.381 e. The van der Waals surface area contributed by atoms with Gasteiger partial charge in [0.1, 0.15) is 0 Å². The number of nitrogens with two attached hydrogens (primary N) is 1.